The van der Waals surface area contributed by atoms with Gasteiger partial charge in [0.05, 0.1) is 34.8 Å². The fourth-order valence-corrected chi connectivity index (χ4v) is 4.51. The number of halogens is 4. The van der Waals surface area contributed by atoms with Crippen LogP contribution in [0.3, 0.4) is 0 Å². The number of pyridine rings is 1. The van der Waals surface area contributed by atoms with Gasteiger partial charge in [0.2, 0.25) is 5.91 Å². The molecule has 4 aromatic rings. The highest BCUT2D eigenvalue weighted by Gasteiger charge is 2.31. The summed E-state index contributed by atoms with van der Waals surface area (Å²) in [6, 6.07) is 18.7. The fourth-order valence-electron chi connectivity index (χ4n) is 4.51. The highest BCUT2D eigenvalue weighted by molar-refractivity contribution is 5.94. The Bertz CT molecular complexity index is 1820. The van der Waals surface area contributed by atoms with Crippen molar-refractivity contribution in [1.82, 2.24) is 19.7 Å². The summed E-state index contributed by atoms with van der Waals surface area (Å²) >= 11 is 0. The number of carbonyl (C=O) groups excluding carboxylic acids is 3. The van der Waals surface area contributed by atoms with Gasteiger partial charge in [-0.25, -0.2) is 9.59 Å². The van der Waals surface area contributed by atoms with Crippen LogP contribution in [-0.4, -0.2) is 44.0 Å². The molecule has 0 fully saturated rings. The van der Waals surface area contributed by atoms with Crippen molar-refractivity contribution in [2.24, 2.45) is 0 Å². The third kappa shape index (κ3) is 7.11. The molecule has 1 aliphatic rings. The van der Waals surface area contributed by atoms with Crippen molar-refractivity contribution >= 4 is 47.2 Å². The minimum atomic E-state index is -4.58. The van der Waals surface area contributed by atoms with Gasteiger partial charge in [-0.15, -0.1) is 12.4 Å². The number of benzene rings is 2. The molecule has 44 heavy (non-hydrogen) atoms. The lowest BCUT2D eigenvalue weighted by Gasteiger charge is -2.28. The molecule has 0 spiro atoms. The van der Waals surface area contributed by atoms with E-state index < -0.39 is 24.2 Å². The lowest BCUT2D eigenvalue weighted by molar-refractivity contribution is -0.137. The Kier molecular flexibility index (Phi) is 9.77. The van der Waals surface area contributed by atoms with E-state index in [0.717, 1.165) is 17.7 Å². The van der Waals surface area contributed by atoms with Crippen molar-refractivity contribution in [2.75, 3.05) is 11.9 Å². The lowest BCUT2D eigenvalue weighted by Crippen LogP contribution is -2.33. The summed E-state index contributed by atoms with van der Waals surface area (Å²) in [5.74, 6) is 3.10. The molecule has 1 aliphatic heterocycles. The zero-order valence-electron chi connectivity index (χ0n) is 22.8. The van der Waals surface area contributed by atoms with Crippen LogP contribution in [0.25, 0.3) is 22.5 Å². The van der Waals surface area contributed by atoms with Crippen molar-refractivity contribution in [1.29, 1.82) is 0 Å². The first kappa shape index (κ1) is 31.5. The van der Waals surface area contributed by atoms with Crippen LogP contribution in [0.2, 0.25) is 0 Å². The molecule has 2 aromatic heterocycles. The monoisotopic (exact) mass is 617 g/mol. The molecule has 5 rings (SSSR count). The third-order valence-corrected chi connectivity index (χ3v) is 6.52. The van der Waals surface area contributed by atoms with Crippen LogP contribution in [0.5, 0.6) is 0 Å². The van der Waals surface area contributed by atoms with Gasteiger partial charge in [0.1, 0.15) is 18.2 Å². The Hall–Kier alpha value is -5.47. The molecule has 0 saturated carbocycles. The van der Waals surface area contributed by atoms with E-state index in [2.05, 4.69) is 10.3 Å². The first-order chi connectivity index (χ1) is 20.8. The van der Waals surface area contributed by atoms with Crippen LogP contribution in [0.1, 0.15) is 16.8 Å². The second-order valence-corrected chi connectivity index (χ2v) is 9.37. The smallest absolute Gasteiger partial charge is 0.325 e. The Morgan fingerprint density at radius 2 is 1.75 bits per heavy atom. The van der Waals surface area contributed by atoms with Gasteiger partial charge in [-0.1, -0.05) is 48.5 Å². The zero-order valence-corrected chi connectivity index (χ0v) is 23.6. The number of hydrogen-bond donors (Lipinski definition) is 1. The van der Waals surface area contributed by atoms with Gasteiger partial charge in [0.25, 0.3) is 0 Å². The predicted molar refractivity (Wildman–Crippen MR) is 161 cm³/mol. The highest BCUT2D eigenvalue weighted by Crippen LogP contribution is 2.32. The van der Waals surface area contributed by atoms with Gasteiger partial charge in [-0.05, 0) is 42.5 Å². The number of nitrogens with one attached hydrogen (secondary N) is 1. The van der Waals surface area contributed by atoms with Crippen LogP contribution in [0, 0.1) is 0 Å². The van der Waals surface area contributed by atoms with Crippen LogP contribution in [0.4, 0.5) is 18.9 Å². The third-order valence-electron chi connectivity index (χ3n) is 6.52. The number of aromatic nitrogens is 3. The maximum Gasteiger partial charge on any atom is 0.416 e. The van der Waals surface area contributed by atoms with Crippen LogP contribution in [-0.2, 0) is 27.1 Å². The van der Waals surface area contributed by atoms with Gasteiger partial charge >= 0.3 is 6.18 Å². The molecule has 0 saturated heterocycles. The van der Waals surface area contributed by atoms with E-state index in [0.29, 0.717) is 22.6 Å². The molecule has 3 heterocycles. The molecule has 0 radical (unpaired) electrons. The van der Waals surface area contributed by atoms with E-state index in [9.17, 15) is 27.6 Å². The maximum absolute atomic E-state index is 13.2. The normalized spacial score (nSPS) is 12.5. The number of allylic oxidation sites excluding steroid dienone is 4. The topological polar surface area (TPSA) is 97.2 Å². The van der Waals surface area contributed by atoms with Crippen LogP contribution >= 0.6 is 12.4 Å². The zero-order chi connectivity index (χ0) is 30.4. The first-order valence-corrected chi connectivity index (χ1v) is 12.9. The van der Waals surface area contributed by atoms with E-state index in [4.69, 9.17) is 5.10 Å². The summed E-state index contributed by atoms with van der Waals surface area (Å²) in [7, 11) is 0. The number of alkyl halides is 3. The number of carbonyl (C=O) groups is 1. The van der Waals surface area contributed by atoms with Crippen molar-refractivity contribution in [3.8, 4) is 11.3 Å². The minimum Gasteiger partial charge on any atom is -0.325 e. The molecule has 1 amide bonds. The number of hydrogen-bond acceptors (Lipinski definition) is 6. The van der Waals surface area contributed by atoms with Crippen molar-refractivity contribution in [3.63, 3.8) is 0 Å². The lowest BCUT2D eigenvalue weighted by atomic mass is 10.1. The highest BCUT2D eigenvalue weighted by atomic mass is 35.5. The Labute approximate surface area is 255 Å². The molecule has 0 unspecified atom stereocenters. The predicted octanol–water partition coefficient (Wildman–Crippen LogP) is 5.87. The van der Waals surface area contributed by atoms with Gasteiger partial charge < -0.3 is 10.2 Å². The fraction of sp³-hybridized carbons (Fsp3) is 0.0938. The Balaban J connectivity index is 0.00000442. The summed E-state index contributed by atoms with van der Waals surface area (Å²) in [6.45, 7) is -0.440. The van der Waals surface area contributed by atoms with Crippen LogP contribution < -0.4 is 5.32 Å². The summed E-state index contributed by atoms with van der Waals surface area (Å²) < 4.78 is 41.1. The molecular formula is C32H23ClF3N5O3. The summed E-state index contributed by atoms with van der Waals surface area (Å²) in [4.78, 5) is 42.5. The molecule has 1 N–H and O–H groups in total. The first-order valence-electron chi connectivity index (χ1n) is 12.9. The van der Waals surface area contributed by atoms with Gasteiger partial charge in [-0.3, -0.25) is 14.5 Å². The molecule has 222 valence electrons. The van der Waals surface area contributed by atoms with E-state index in [-0.39, 0.29) is 35.9 Å². The largest absolute Gasteiger partial charge is 0.416 e. The molecule has 0 bridgehead atoms. The van der Waals surface area contributed by atoms with Crippen molar-refractivity contribution in [3.05, 3.63) is 126 Å². The van der Waals surface area contributed by atoms with E-state index in [1.54, 1.807) is 41.2 Å². The molecule has 2 aromatic carbocycles. The second-order valence-electron chi connectivity index (χ2n) is 9.37. The van der Waals surface area contributed by atoms with Gasteiger partial charge in [0, 0.05) is 29.2 Å². The van der Waals surface area contributed by atoms with Crippen LogP contribution in [0.15, 0.2) is 109 Å². The standard InChI is InChI=1S/C32H22F3N5O3.ClH/c33-32(34,35)25-10-4-11-26(15-25)37-31(43)19-39-27(21-42)12-5-13-29(39)30-16-28(22-7-2-1-3-8-22)38-40(30)18-24(20-41)23-9-6-14-36-17-23;/h1-17H,18-19H2,(H,37,43);1H. The summed E-state index contributed by atoms with van der Waals surface area (Å²) in [5.41, 5.74) is 2.05. The second kappa shape index (κ2) is 13.7. The van der Waals surface area contributed by atoms with Gasteiger partial charge in [0.15, 0.2) is 5.94 Å². The van der Waals surface area contributed by atoms with E-state index in [1.165, 1.54) is 29.3 Å². The molecule has 0 aliphatic carbocycles. The molecule has 0 atom stereocenters. The maximum atomic E-state index is 13.2. The van der Waals surface area contributed by atoms with Gasteiger partial charge in [-0.2, -0.15) is 18.3 Å². The molecule has 12 heteroatoms. The molecule has 8 nitrogen and oxygen atoms in total. The average molecular weight is 618 g/mol. The van der Waals surface area contributed by atoms with Crippen molar-refractivity contribution < 1.29 is 27.6 Å². The minimum absolute atomic E-state index is 0. The van der Waals surface area contributed by atoms with Crippen molar-refractivity contribution in [2.45, 2.75) is 12.7 Å². The van der Waals surface area contributed by atoms with E-state index >= 15 is 0 Å². The Morgan fingerprint density at radius 3 is 2.43 bits per heavy atom. The SMILES string of the molecule is Cl.O=C=C(Cn1nc(-c2ccccc2)cc1C1=CC=CC(=C=O)N1CC(=O)Nc1cccc(C(F)(F)F)c1)c1cccnc1. The Morgan fingerprint density at radius 1 is 0.955 bits per heavy atom. The number of rotatable bonds is 8. The number of nitrogens with zero attached hydrogens (tertiary/aromatic N) is 4. The van der Waals surface area contributed by atoms with E-state index in [1.807, 2.05) is 42.2 Å². The quantitative estimate of drug-likeness (QED) is 0.249. The summed E-state index contributed by atoms with van der Waals surface area (Å²) in [5, 5.41) is 7.19. The summed E-state index contributed by atoms with van der Waals surface area (Å²) in [6.07, 6.45) is 3.25. The number of anilines is 1. The average Bonchev–Trinajstić information content (AvgIpc) is 3.44. The number of amides is 1. The molecular weight excluding hydrogens is 595 g/mol.